The van der Waals surface area contributed by atoms with Crippen molar-refractivity contribution in [1.82, 2.24) is 4.48 Å². The van der Waals surface area contributed by atoms with Crippen LogP contribution in [0, 0.1) is 0 Å². The topological polar surface area (TPSA) is 112 Å². The number of hydrogen-bond acceptors (Lipinski definition) is 3. The van der Waals surface area contributed by atoms with Gasteiger partial charge < -0.3 is 14.7 Å². The van der Waals surface area contributed by atoms with Crippen LogP contribution in [0.3, 0.4) is 0 Å². The zero-order chi connectivity index (χ0) is 22.1. The first kappa shape index (κ1) is 23.1. The summed E-state index contributed by atoms with van der Waals surface area (Å²) < 4.78 is 9.60. The van der Waals surface area contributed by atoms with Crippen molar-refractivity contribution in [3.63, 3.8) is 0 Å². The minimum absolute atomic E-state index is 0.0545. The Labute approximate surface area is 170 Å². The van der Waals surface area contributed by atoms with Gasteiger partial charge in [-0.05, 0) is 39.8 Å². The number of benzene rings is 2. The molecule has 0 saturated carbocycles. The first-order valence-electron chi connectivity index (χ1n) is 9.25. The normalized spacial score (nSPS) is 13.7. The highest BCUT2D eigenvalue weighted by molar-refractivity contribution is 7.45. The molecule has 0 amide bonds. The summed E-state index contributed by atoms with van der Waals surface area (Å²) in [6.07, 6.45) is 0. The van der Waals surface area contributed by atoms with Crippen molar-refractivity contribution in [2.24, 2.45) is 0 Å². The Bertz CT molecular complexity index is 976. The Morgan fingerprint density at radius 1 is 0.759 bits per heavy atom. The molecule has 0 fully saturated rings. The van der Waals surface area contributed by atoms with Crippen LogP contribution < -0.4 is 4.48 Å². The minimum Gasteiger partial charge on any atom is -0.303 e. The zero-order valence-electron chi connectivity index (χ0n) is 17.2. The van der Waals surface area contributed by atoms with Crippen molar-refractivity contribution >= 4 is 25.1 Å². The van der Waals surface area contributed by atoms with E-state index in [-0.39, 0.29) is 11.6 Å². The van der Waals surface area contributed by atoms with Gasteiger partial charge in [-0.1, -0.05) is 24.3 Å². The van der Waals surface area contributed by atoms with Gasteiger partial charge in [0.25, 0.3) is 0 Å². The van der Waals surface area contributed by atoms with E-state index in [9.17, 15) is 9.59 Å². The van der Waals surface area contributed by atoms with Crippen LogP contribution >= 0.6 is 7.82 Å². The molecule has 0 aliphatic heterocycles. The summed E-state index contributed by atoms with van der Waals surface area (Å²) in [4.78, 5) is 47.2. The summed E-state index contributed by atoms with van der Waals surface area (Å²) in [5, 5.41) is 0. The summed E-state index contributed by atoms with van der Waals surface area (Å²) in [5.41, 5.74) is 3.13. The summed E-state index contributed by atoms with van der Waals surface area (Å²) in [6, 6.07) is 13.6. The van der Waals surface area contributed by atoms with Crippen molar-refractivity contribution in [3.8, 4) is 0 Å². The largest absolute Gasteiger partial charge is 0.466 e. The van der Waals surface area contributed by atoms with E-state index in [0.29, 0.717) is 34.3 Å². The Morgan fingerprint density at radius 3 is 1.55 bits per heavy atom. The predicted molar refractivity (Wildman–Crippen MR) is 112 cm³/mol. The zero-order valence-corrected chi connectivity index (χ0v) is 18.1. The SMILES string of the molecule is CC(C)[N+](C)(c1ccc2c(c1)C(=O)c1ccccc1C2=O)C(C)C.O=P(O)(O)O. The molecule has 3 rings (SSSR count). The smallest absolute Gasteiger partial charge is 0.303 e. The van der Waals surface area contributed by atoms with Gasteiger partial charge in [-0.2, -0.15) is 0 Å². The maximum absolute atomic E-state index is 12.9. The van der Waals surface area contributed by atoms with Crippen molar-refractivity contribution in [3.05, 3.63) is 64.7 Å². The highest BCUT2D eigenvalue weighted by Gasteiger charge is 2.36. The van der Waals surface area contributed by atoms with Gasteiger partial charge in [0, 0.05) is 28.3 Å². The molecule has 7 nitrogen and oxygen atoms in total. The van der Waals surface area contributed by atoms with E-state index in [2.05, 4.69) is 34.7 Å². The Hall–Kier alpha value is -2.15. The molecule has 0 aromatic heterocycles. The number of quaternary nitrogens is 1. The van der Waals surface area contributed by atoms with Crippen LogP contribution in [0.5, 0.6) is 0 Å². The molecule has 1 aliphatic carbocycles. The highest BCUT2D eigenvalue weighted by atomic mass is 31.2. The number of ketones is 2. The highest BCUT2D eigenvalue weighted by Crippen LogP contribution is 2.34. The predicted octanol–water partition coefficient (Wildman–Crippen LogP) is 3.29. The number of phosphoric acid groups is 1. The van der Waals surface area contributed by atoms with Gasteiger partial charge in [0.15, 0.2) is 11.6 Å². The number of fused-ring (bicyclic) bond motifs is 2. The summed E-state index contributed by atoms with van der Waals surface area (Å²) in [6.45, 7) is 8.73. The number of carbonyl (C=O) groups excluding carboxylic acids is 2. The molecule has 2 aromatic carbocycles. The molecule has 8 heteroatoms. The van der Waals surface area contributed by atoms with E-state index in [1.54, 1.807) is 24.3 Å². The van der Waals surface area contributed by atoms with Crippen LogP contribution in [0.1, 0.15) is 59.5 Å². The molecule has 1 aliphatic rings. The summed E-state index contributed by atoms with van der Waals surface area (Å²) in [7, 11) is -2.46. The molecule has 156 valence electrons. The maximum atomic E-state index is 12.9. The average molecular weight is 420 g/mol. The van der Waals surface area contributed by atoms with E-state index in [1.165, 1.54) is 0 Å². The Balaban J connectivity index is 0.000000537. The van der Waals surface area contributed by atoms with Gasteiger partial charge in [-0.15, -0.1) is 0 Å². The minimum atomic E-state index is -4.64. The summed E-state index contributed by atoms with van der Waals surface area (Å²) >= 11 is 0. The molecular formula is C21H27NO6P+. The van der Waals surface area contributed by atoms with Crippen molar-refractivity contribution in [2.75, 3.05) is 7.05 Å². The lowest BCUT2D eigenvalue weighted by atomic mass is 9.83. The third-order valence-electron chi connectivity index (χ3n) is 5.61. The molecule has 0 heterocycles. The van der Waals surface area contributed by atoms with Crippen molar-refractivity contribution in [1.29, 1.82) is 0 Å². The molecule has 0 unspecified atom stereocenters. The van der Waals surface area contributed by atoms with Crippen LogP contribution in [-0.2, 0) is 4.57 Å². The van der Waals surface area contributed by atoms with Gasteiger partial charge in [-0.3, -0.25) is 14.1 Å². The van der Waals surface area contributed by atoms with E-state index >= 15 is 0 Å². The Morgan fingerprint density at radius 2 is 1.14 bits per heavy atom. The van der Waals surface area contributed by atoms with E-state index in [4.69, 9.17) is 19.2 Å². The molecule has 0 atom stereocenters. The average Bonchev–Trinajstić information content (AvgIpc) is 2.63. The van der Waals surface area contributed by atoms with Crippen LogP contribution in [0.15, 0.2) is 42.5 Å². The molecule has 0 bridgehead atoms. The van der Waals surface area contributed by atoms with Crippen molar-refractivity contribution < 1.29 is 28.8 Å². The fraction of sp³-hybridized carbons (Fsp3) is 0.333. The first-order chi connectivity index (χ1) is 13.3. The monoisotopic (exact) mass is 420 g/mol. The lowest BCUT2D eigenvalue weighted by Gasteiger charge is -2.42. The molecule has 0 spiro atoms. The summed E-state index contributed by atoms with van der Waals surface area (Å²) in [5.74, 6) is -0.115. The lowest BCUT2D eigenvalue weighted by Crippen LogP contribution is -2.56. The van der Waals surface area contributed by atoms with E-state index in [1.807, 2.05) is 18.2 Å². The fourth-order valence-electron chi connectivity index (χ4n) is 3.58. The second-order valence-electron chi connectivity index (χ2n) is 7.78. The maximum Gasteiger partial charge on any atom is 0.466 e. The Kier molecular flexibility index (Phi) is 6.62. The number of hydrogen-bond donors (Lipinski definition) is 3. The first-order valence-corrected chi connectivity index (χ1v) is 10.8. The quantitative estimate of drug-likeness (QED) is 0.443. The van der Waals surface area contributed by atoms with Gasteiger partial charge in [0.05, 0.1) is 19.1 Å². The molecule has 0 radical (unpaired) electrons. The standard InChI is InChI=1S/C21H24NO2.H3O4P/c1-13(2)22(5,14(3)4)15-10-11-18-19(12-15)21(24)17-9-7-6-8-16(17)20(18)23;1-5(2,3)4/h6-14H,1-5H3;(H3,1,2,3,4)/q+1;. The van der Waals surface area contributed by atoms with Crippen molar-refractivity contribution in [2.45, 2.75) is 39.8 Å². The van der Waals surface area contributed by atoms with Gasteiger partial charge in [-0.25, -0.2) is 4.57 Å². The molecule has 0 saturated heterocycles. The number of rotatable bonds is 3. The third kappa shape index (κ3) is 4.71. The molecule has 3 N–H and O–H groups in total. The van der Waals surface area contributed by atoms with Crippen LogP contribution in [-0.4, -0.2) is 45.4 Å². The fourth-order valence-corrected chi connectivity index (χ4v) is 3.58. The van der Waals surface area contributed by atoms with E-state index in [0.717, 1.165) is 10.2 Å². The molecule has 2 aromatic rings. The van der Waals surface area contributed by atoms with Crippen LogP contribution in [0.2, 0.25) is 0 Å². The number of carbonyl (C=O) groups is 2. The van der Waals surface area contributed by atoms with E-state index < -0.39 is 7.82 Å². The third-order valence-corrected chi connectivity index (χ3v) is 5.61. The molecule has 29 heavy (non-hydrogen) atoms. The number of nitrogens with zero attached hydrogens (tertiary/aromatic N) is 1. The van der Waals surface area contributed by atoms with Gasteiger partial charge in [0.2, 0.25) is 0 Å². The second kappa shape index (κ2) is 8.30. The van der Waals surface area contributed by atoms with Gasteiger partial charge in [0.1, 0.15) is 5.69 Å². The molecular weight excluding hydrogens is 393 g/mol. The van der Waals surface area contributed by atoms with Crippen LogP contribution in [0.4, 0.5) is 5.69 Å². The van der Waals surface area contributed by atoms with Gasteiger partial charge >= 0.3 is 7.82 Å². The van der Waals surface area contributed by atoms with Crippen LogP contribution in [0.25, 0.3) is 0 Å². The lowest BCUT2D eigenvalue weighted by molar-refractivity contribution is 0.0978. The second-order valence-corrected chi connectivity index (χ2v) is 8.81.